The van der Waals surface area contributed by atoms with Crippen molar-refractivity contribution in [3.05, 3.63) is 0 Å². The molecule has 0 unspecified atom stereocenters. The maximum absolute atomic E-state index is 3.03. The Labute approximate surface area is 66.4 Å². The number of hydrogen-bond acceptors (Lipinski definition) is 2. The van der Waals surface area contributed by atoms with E-state index in [1.807, 2.05) is 14.1 Å². The standard InChI is InChI=1S/C4H11N.C3H9N.CH4/c1-4(2)5-3;1-3-4-2;/h4-5H,1-3H3;4H,3H2,1-2H3;1H4. The minimum Gasteiger partial charge on any atom is -0.320 e. The molecule has 0 radical (unpaired) electrons. The Kier molecular flexibility index (Phi) is 26.3. The monoisotopic (exact) mass is 148 g/mol. The fourth-order valence-corrected chi connectivity index (χ4v) is 0. The summed E-state index contributed by atoms with van der Waals surface area (Å²) >= 11 is 0. The first-order valence-corrected chi connectivity index (χ1v) is 3.50. The van der Waals surface area contributed by atoms with E-state index < -0.39 is 0 Å². The van der Waals surface area contributed by atoms with Crippen molar-refractivity contribution in [3.8, 4) is 0 Å². The van der Waals surface area contributed by atoms with Crippen LogP contribution in [0, 0.1) is 0 Å². The third-order valence-corrected chi connectivity index (χ3v) is 0.931. The van der Waals surface area contributed by atoms with Gasteiger partial charge in [0, 0.05) is 6.04 Å². The quantitative estimate of drug-likeness (QED) is 0.620. The van der Waals surface area contributed by atoms with Crippen molar-refractivity contribution in [2.75, 3.05) is 20.6 Å². The molecule has 0 saturated heterocycles. The van der Waals surface area contributed by atoms with Crippen LogP contribution in [0.15, 0.2) is 0 Å². The topological polar surface area (TPSA) is 24.1 Å². The van der Waals surface area contributed by atoms with Gasteiger partial charge in [-0.1, -0.05) is 28.2 Å². The SMILES string of the molecule is C.CCNC.CNC(C)C. The molecule has 0 aliphatic rings. The summed E-state index contributed by atoms with van der Waals surface area (Å²) in [7, 11) is 3.88. The van der Waals surface area contributed by atoms with E-state index in [1.165, 1.54) is 0 Å². The van der Waals surface area contributed by atoms with Crippen LogP contribution in [0.2, 0.25) is 0 Å². The lowest BCUT2D eigenvalue weighted by Gasteiger charge is -1.95. The Morgan fingerprint density at radius 1 is 1.20 bits per heavy atom. The number of hydrogen-bond donors (Lipinski definition) is 2. The maximum atomic E-state index is 3.03. The lowest BCUT2D eigenvalue weighted by molar-refractivity contribution is 0.668. The zero-order chi connectivity index (χ0) is 7.70. The molecule has 0 spiro atoms. The average molecular weight is 148 g/mol. The second-order valence-corrected chi connectivity index (χ2v) is 2.15. The molecule has 0 rings (SSSR count). The van der Waals surface area contributed by atoms with Gasteiger partial charge in [-0.2, -0.15) is 0 Å². The molecule has 10 heavy (non-hydrogen) atoms. The fourth-order valence-electron chi connectivity index (χ4n) is 0. The van der Waals surface area contributed by atoms with Gasteiger partial charge in [-0.15, -0.1) is 0 Å². The van der Waals surface area contributed by atoms with E-state index >= 15 is 0 Å². The Balaban J connectivity index is -0.0000000910. The first-order chi connectivity index (χ1) is 4.18. The molecule has 0 aliphatic carbocycles. The van der Waals surface area contributed by atoms with Gasteiger partial charge in [-0.05, 0) is 20.6 Å². The van der Waals surface area contributed by atoms with Crippen LogP contribution in [0.4, 0.5) is 0 Å². The minimum absolute atomic E-state index is 0. The van der Waals surface area contributed by atoms with Gasteiger partial charge in [0.1, 0.15) is 0 Å². The van der Waals surface area contributed by atoms with Crippen LogP contribution >= 0.6 is 0 Å². The molecular formula is C8H24N2. The summed E-state index contributed by atoms with van der Waals surface area (Å²) < 4.78 is 0. The molecule has 0 bridgehead atoms. The van der Waals surface area contributed by atoms with Gasteiger partial charge in [0.2, 0.25) is 0 Å². The molecule has 2 heteroatoms. The highest BCUT2D eigenvalue weighted by Gasteiger charge is 1.76. The average Bonchev–Trinajstić information content (AvgIpc) is 1.89. The molecule has 0 amide bonds. The van der Waals surface area contributed by atoms with E-state index in [1.54, 1.807) is 0 Å². The third-order valence-electron chi connectivity index (χ3n) is 0.931. The third kappa shape index (κ3) is 44.5. The van der Waals surface area contributed by atoms with Gasteiger partial charge >= 0.3 is 0 Å². The predicted octanol–water partition coefficient (Wildman–Crippen LogP) is 1.48. The summed E-state index contributed by atoms with van der Waals surface area (Å²) in [6.07, 6.45) is 0. The van der Waals surface area contributed by atoms with E-state index in [9.17, 15) is 0 Å². The molecule has 0 heterocycles. The summed E-state index contributed by atoms with van der Waals surface area (Å²) in [5.41, 5.74) is 0. The minimum atomic E-state index is 0. The van der Waals surface area contributed by atoms with Gasteiger partial charge in [0.05, 0.1) is 0 Å². The Morgan fingerprint density at radius 2 is 1.40 bits per heavy atom. The Hall–Kier alpha value is -0.0800. The zero-order valence-electron chi connectivity index (χ0n) is 7.28. The van der Waals surface area contributed by atoms with Gasteiger partial charge in [0.25, 0.3) is 0 Å². The first kappa shape index (κ1) is 16.5. The summed E-state index contributed by atoms with van der Waals surface area (Å²) in [6.45, 7) is 7.36. The molecule has 0 aromatic carbocycles. The van der Waals surface area contributed by atoms with Crippen LogP contribution in [0.25, 0.3) is 0 Å². The summed E-state index contributed by atoms with van der Waals surface area (Å²) in [4.78, 5) is 0. The Bertz CT molecular complexity index is 34.2. The Morgan fingerprint density at radius 3 is 1.40 bits per heavy atom. The molecular weight excluding hydrogens is 124 g/mol. The van der Waals surface area contributed by atoms with Crippen molar-refractivity contribution in [2.24, 2.45) is 0 Å². The summed E-state index contributed by atoms with van der Waals surface area (Å²) in [5, 5.41) is 5.96. The van der Waals surface area contributed by atoms with Crippen LogP contribution in [-0.2, 0) is 0 Å². The lowest BCUT2D eigenvalue weighted by atomic mass is 10.4. The van der Waals surface area contributed by atoms with E-state index in [0.717, 1.165) is 6.54 Å². The maximum Gasteiger partial charge on any atom is 0.000733 e. The highest BCUT2D eigenvalue weighted by atomic mass is 14.8. The lowest BCUT2D eigenvalue weighted by Crippen LogP contribution is -2.15. The van der Waals surface area contributed by atoms with Crippen LogP contribution in [0.3, 0.4) is 0 Å². The van der Waals surface area contributed by atoms with E-state index in [-0.39, 0.29) is 7.43 Å². The van der Waals surface area contributed by atoms with Crippen LogP contribution in [-0.4, -0.2) is 26.7 Å². The molecule has 0 aliphatic heterocycles. The van der Waals surface area contributed by atoms with Crippen molar-refractivity contribution in [3.63, 3.8) is 0 Å². The van der Waals surface area contributed by atoms with E-state index in [4.69, 9.17) is 0 Å². The normalized spacial score (nSPS) is 7.80. The molecule has 2 N–H and O–H groups in total. The van der Waals surface area contributed by atoms with Crippen LogP contribution in [0.1, 0.15) is 28.2 Å². The second-order valence-electron chi connectivity index (χ2n) is 2.15. The molecule has 0 aromatic heterocycles. The molecule has 0 atom stereocenters. The molecule has 2 nitrogen and oxygen atoms in total. The van der Waals surface area contributed by atoms with Gasteiger partial charge in [-0.3, -0.25) is 0 Å². The highest BCUT2D eigenvalue weighted by Crippen LogP contribution is 1.66. The van der Waals surface area contributed by atoms with Crippen molar-refractivity contribution in [1.29, 1.82) is 0 Å². The molecule has 66 valence electrons. The van der Waals surface area contributed by atoms with Gasteiger partial charge < -0.3 is 10.6 Å². The van der Waals surface area contributed by atoms with Crippen LogP contribution in [0.5, 0.6) is 0 Å². The van der Waals surface area contributed by atoms with Crippen molar-refractivity contribution in [2.45, 2.75) is 34.2 Å². The smallest absolute Gasteiger partial charge is 0.000733 e. The highest BCUT2D eigenvalue weighted by molar-refractivity contribution is 4.40. The predicted molar refractivity (Wildman–Crippen MR) is 50.5 cm³/mol. The van der Waals surface area contributed by atoms with Crippen molar-refractivity contribution in [1.82, 2.24) is 10.6 Å². The first-order valence-electron chi connectivity index (χ1n) is 3.50. The molecule has 0 saturated carbocycles. The van der Waals surface area contributed by atoms with Gasteiger partial charge in [0.15, 0.2) is 0 Å². The van der Waals surface area contributed by atoms with Crippen molar-refractivity contribution < 1.29 is 0 Å². The second kappa shape index (κ2) is 16.0. The molecule has 0 aromatic rings. The fraction of sp³-hybridized carbons (Fsp3) is 1.00. The summed E-state index contributed by atoms with van der Waals surface area (Å²) in [5.74, 6) is 0. The largest absolute Gasteiger partial charge is 0.320 e. The van der Waals surface area contributed by atoms with Gasteiger partial charge in [-0.25, -0.2) is 0 Å². The summed E-state index contributed by atoms with van der Waals surface area (Å²) in [6, 6.07) is 0.634. The molecule has 0 fully saturated rings. The van der Waals surface area contributed by atoms with E-state index in [2.05, 4.69) is 31.4 Å². The van der Waals surface area contributed by atoms with E-state index in [0.29, 0.717) is 6.04 Å². The number of nitrogens with one attached hydrogen (secondary N) is 2. The van der Waals surface area contributed by atoms with Crippen molar-refractivity contribution >= 4 is 0 Å². The van der Waals surface area contributed by atoms with Crippen LogP contribution < -0.4 is 10.6 Å². The zero-order valence-corrected chi connectivity index (χ0v) is 7.28. The number of rotatable bonds is 2.